The number of benzene rings is 2. The summed E-state index contributed by atoms with van der Waals surface area (Å²) in [5.41, 5.74) is 0.650. The molecule has 2 aromatic carbocycles. The molecule has 0 fully saturated rings. The van der Waals surface area contributed by atoms with Gasteiger partial charge in [-0.1, -0.05) is 29.8 Å². The molecule has 0 atom stereocenters. The topological polar surface area (TPSA) is 63.7 Å². The van der Waals surface area contributed by atoms with Gasteiger partial charge in [-0.3, -0.25) is 4.31 Å². The van der Waals surface area contributed by atoms with Gasteiger partial charge < -0.3 is 4.74 Å². The van der Waals surface area contributed by atoms with Crippen LogP contribution in [0.15, 0.2) is 72.3 Å². The summed E-state index contributed by atoms with van der Waals surface area (Å²) in [6.07, 6.45) is 2.76. The molecule has 0 N–H and O–H groups in total. The molecule has 25 heavy (non-hydrogen) atoms. The molecule has 7 heteroatoms. The highest BCUT2D eigenvalue weighted by Crippen LogP contribution is 2.33. The van der Waals surface area contributed by atoms with Crippen molar-refractivity contribution < 1.29 is 17.9 Å². The summed E-state index contributed by atoms with van der Waals surface area (Å²) in [6.45, 7) is 3.63. The van der Waals surface area contributed by atoms with Crippen LogP contribution in [0.4, 0.5) is 0 Å². The van der Waals surface area contributed by atoms with Gasteiger partial charge in [0.05, 0.1) is 23.2 Å². The maximum absolute atomic E-state index is 12.6. The lowest BCUT2D eigenvalue weighted by atomic mass is 10.2. The third-order valence-corrected chi connectivity index (χ3v) is 5.63. The fourth-order valence-corrected chi connectivity index (χ4v) is 4.01. The third-order valence-electron chi connectivity index (χ3n) is 3.59. The average Bonchev–Trinajstić information content (AvgIpc) is 2.60. The Bertz CT molecular complexity index is 965. The van der Waals surface area contributed by atoms with E-state index in [1.165, 1.54) is 30.5 Å². The van der Waals surface area contributed by atoms with Gasteiger partial charge in [-0.2, -0.15) is 0 Å². The summed E-state index contributed by atoms with van der Waals surface area (Å²) in [7, 11) is -3.71. The number of esters is 1. The van der Waals surface area contributed by atoms with Crippen molar-refractivity contribution in [1.29, 1.82) is 0 Å². The highest BCUT2D eigenvalue weighted by molar-refractivity contribution is 7.89. The van der Waals surface area contributed by atoms with Crippen LogP contribution in [0, 0.1) is 0 Å². The molecule has 2 aromatic rings. The maximum atomic E-state index is 12.6. The van der Waals surface area contributed by atoms with Crippen molar-refractivity contribution in [2.45, 2.75) is 4.90 Å². The van der Waals surface area contributed by atoms with Gasteiger partial charge in [-0.05, 0) is 36.4 Å². The summed E-state index contributed by atoms with van der Waals surface area (Å²) in [6, 6.07) is 12.6. The van der Waals surface area contributed by atoms with Crippen molar-refractivity contribution in [3.63, 3.8) is 0 Å². The Balaban J connectivity index is 2.00. The van der Waals surface area contributed by atoms with Crippen LogP contribution in [-0.2, 0) is 14.8 Å². The standard InChI is InChI=1S/C18H14ClNO4S/c1-2-11-20-12-16(15-5-3-4-6-17(15)25(20,22)23)24-18(21)13-7-9-14(19)10-8-13/h2-10,12H,1,11H2. The number of fused-ring (bicyclic) bond motifs is 1. The molecule has 1 aliphatic rings. The third kappa shape index (κ3) is 3.31. The van der Waals surface area contributed by atoms with Crippen molar-refractivity contribution in [3.05, 3.63) is 83.5 Å². The second-order valence-corrected chi connectivity index (χ2v) is 7.54. The number of halogens is 1. The fraction of sp³-hybridized carbons (Fsp3) is 0.0556. The Morgan fingerprint density at radius 1 is 1.16 bits per heavy atom. The van der Waals surface area contributed by atoms with E-state index in [0.29, 0.717) is 16.1 Å². The number of sulfonamides is 1. The van der Waals surface area contributed by atoms with Gasteiger partial charge in [0.2, 0.25) is 0 Å². The van der Waals surface area contributed by atoms with E-state index >= 15 is 0 Å². The van der Waals surface area contributed by atoms with Crippen molar-refractivity contribution in [3.8, 4) is 0 Å². The molecule has 0 aromatic heterocycles. The van der Waals surface area contributed by atoms with E-state index < -0.39 is 16.0 Å². The van der Waals surface area contributed by atoms with Crippen molar-refractivity contribution in [2.75, 3.05) is 6.54 Å². The second kappa shape index (κ2) is 6.74. The summed E-state index contributed by atoms with van der Waals surface area (Å²) in [5, 5.41) is 0.502. The first-order chi connectivity index (χ1) is 11.9. The van der Waals surface area contributed by atoms with E-state index in [0.717, 1.165) is 4.31 Å². The Morgan fingerprint density at radius 2 is 1.84 bits per heavy atom. The minimum absolute atomic E-state index is 0.0681. The SMILES string of the molecule is C=CCN1C=C(OC(=O)c2ccc(Cl)cc2)c2ccccc2S1(=O)=O. The first kappa shape index (κ1) is 17.3. The summed E-state index contributed by atoms with van der Waals surface area (Å²) < 4.78 is 31.8. The van der Waals surface area contributed by atoms with E-state index in [9.17, 15) is 13.2 Å². The lowest BCUT2D eigenvalue weighted by molar-refractivity contribution is 0.0689. The predicted molar refractivity (Wildman–Crippen MR) is 95.4 cm³/mol. The van der Waals surface area contributed by atoms with Gasteiger partial charge in [0, 0.05) is 10.6 Å². The normalized spacial score (nSPS) is 15.1. The number of hydrogen-bond acceptors (Lipinski definition) is 4. The van der Waals surface area contributed by atoms with E-state index in [4.69, 9.17) is 16.3 Å². The maximum Gasteiger partial charge on any atom is 0.343 e. The van der Waals surface area contributed by atoms with Crippen LogP contribution in [0.1, 0.15) is 15.9 Å². The molecular formula is C18H14ClNO4S. The Morgan fingerprint density at radius 3 is 2.52 bits per heavy atom. The van der Waals surface area contributed by atoms with E-state index in [-0.39, 0.29) is 17.2 Å². The predicted octanol–water partition coefficient (Wildman–Crippen LogP) is 3.69. The molecular weight excluding hydrogens is 362 g/mol. The lowest BCUT2D eigenvalue weighted by Gasteiger charge is -2.26. The van der Waals surface area contributed by atoms with Crippen LogP contribution in [0.25, 0.3) is 5.76 Å². The van der Waals surface area contributed by atoms with Crippen LogP contribution in [-0.4, -0.2) is 25.2 Å². The minimum Gasteiger partial charge on any atom is -0.421 e. The first-order valence-corrected chi connectivity index (χ1v) is 9.17. The quantitative estimate of drug-likeness (QED) is 0.604. The number of nitrogens with zero attached hydrogens (tertiary/aromatic N) is 1. The molecule has 0 unspecified atom stereocenters. The van der Waals surface area contributed by atoms with E-state index in [2.05, 4.69) is 6.58 Å². The molecule has 0 bridgehead atoms. The molecule has 5 nitrogen and oxygen atoms in total. The Kier molecular flexibility index (Phi) is 4.65. The van der Waals surface area contributed by atoms with E-state index in [1.54, 1.807) is 30.3 Å². The summed E-state index contributed by atoms with van der Waals surface area (Å²) in [5.74, 6) is -0.442. The van der Waals surface area contributed by atoms with Crippen molar-refractivity contribution in [2.24, 2.45) is 0 Å². The van der Waals surface area contributed by atoms with Gasteiger partial charge >= 0.3 is 5.97 Å². The first-order valence-electron chi connectivity index (χ1n) is 7.35. The average molecular weight is 376 g/mol. The second-order valence-electron chi connectivity index (χ2n) is 5.25. The molecule has 0 saturated heterocycles. The molecule has 0 aliphatic carbocycles. The Hall–Kier alpha value is -2.57. The smallest absolute Gasteiger partial charge is 0.343 e. The molecule has 0 amide bonds. The van der Waals surface area contributed by atoms with Gasteiger partial charge in [0.15, 0.2) is 5.76 Å². The zero-order valence-corrected chi connectivity index (χ0v) is 14.6. The summed E-state index contributed by atoms with van der Waals surface area (Å²) in [4.78, 5) is 12.4. The zero-order chi connectivity index (χ0) is 18.0. The number of carbonyl (C=O) groups excluding carboxylic acids is 1. The van der Waals surface area contributed by atoms with Gasteiger partial charge in [-0.15, -0.1) is 6.58 Å². The molecule has 1 aliphatic heterocycles. The zero-order valence-electron chi connectivity index (χ0n) is 13.1. The lowest BCUT2D eigenvalue weighted by Crippen LogP contribution is -2.31. The summed E-state index contributed by atoms with van der Waals surface area (Å²) >= 11 is 5.81. The highest BCUT2D eigenvalue weighted by atomic mass is 35.5. The van der Waals surface area contributed by atoms with Crippen molar-refractivity contribution >= 4 is 33.4 Å². The molecule has 1 heterocycles. The van der Waals surface area contributed by atoms with Crippen molar-refractivity contribution in [1.82, 2.24) is 4.31 Å². The fourth-order valence-electron chi connectivity index (χ4n) is 2.40. The molecule has 3 rings (SSSR count). The van der Waals surface area contributed by atoms with Crippen LogP contribution < -0.4 is 0 Å². The molecule has 128 valence electrons. The van der Waals surface area contributed by atoms with Crippen LogP contribution in [0.3, 0.4) is 0 Å². The highest BCUT2D eigenvalue weighted by Gasteiger charge is 2.32. The van der Waals surface area contributed by atoms with Crippen LogP contribution in [0.2, 0.25) is 5.02 Å². The van der Waals surface area contributed by atoms with Crippen LogP contribution in [0.5, 0.6) is 0 Å². The monoisotopic (exact) mass is 375 g/mol. The molecule has 0 spiro atoms. The van der Waals surface area contributed by atoms with E-state index in [1.807, 2.05) is 0 Å². The van der Waals surface area contributed by atoms with Gasteiger partial charge in [0.1, 0.15) is 0 Å². The van der Waals surface area contributed by atoms with Gasteiger partial charge in [0.25, 0.3) is 10.0 Å². The van der Waals surface area contributed by atoms with Gasteiger partial charge in [-0.25, -0.2) is 13.2 Å². The Labute approximate surface area is 150 Å². The van der Waals surface area contributed by atoms with Crippen LogP contribution >= 0.6 is 11.6 Å². The molecule has 0 saturated carbocycles. The molecule has 0 radical (unpaired) electrons. The number of ether oxygens (including phenoxy) is 1. The largest absolute Gasteiger partial charge is 0.421 e. The number of rotatable bonds is 4. The number of hydrogen-bond donors (Lipinski definition) is 0. The minimum atomic E-state index is -3.71. The number of carbonyl (C=O) groups is 1.